The topological polar surface area (TPSA) is 15.6 Å². The van der Waals surface area contributed by atoms with Crippen molar-refractivity contribution in [3.63, 3.8) is 0 Å². The second kappa shape index (κ2) is 4.33. The van der Waals surface area contributed by atoms with Crippen LogP contribution in [0.2, 0.25) is 0 Å². The van der Waals surface area contributed by atoms with Crippen molar-refractivity contribution >= 4 is 24.2 Å². The summed E-state index contributed by atoms with van der Waals surface area (Å²) in [6.45, 7) is 1.97. The molecule has 0 heterocycles. The average molecular weight is 194 g/mol. The number of hydrogen-bond acceptors (Lipinski definition) is 2. The molecule has 0 atom stereocenters. The van der Waals surface area contributed by atoms with E-state index in [0.29, 0.717) is 0 Å². The van der Waals surface area contributed by atoms with Gasteiger partial charge in [0.1, 0.15) is 5.84 Å². The molecule has 1 aromatic rings. The smallest absolute Gasteiger partial charge is 0.101 e. The van der Waals surface area contributed by atoms with Crippen molar-refractivity contribution in [2.45, 2.75) is 11.8 Å². The van der Waals surface area contributed by atoms with Crippen molar-refractivity contribution in [1.29, 1.82) is 0 Å². The number of benzene rings is 1. The van der Waals surface area contributed by atoms with Gasteiger partial charge in [0, 0.05) is 19.0 Å². The maximum atomic E-state index is 4.42. The van der Waals surface area contributed by atoms with Crippen molar-refractivity contribution in [3.05, 3.63) is 24.3 Å². The van der Waals surface area contributed by atoms with E-state index >= 15 is 0 Å². The van der Waals surface area contributed by atoms with Gasteiger partial charge in [-0.05, 0) is 19.1 Å². The molecule has 1 aromatic carbocycles. The molecule has 13 heavy (non-hydrogen) atoms. The third-order valence-corrected chi connectivity index (χ3v) is 2.19. The molecule has 0 fully saturated rings. The quantitative estimate of drug-likeness (QED) is 0.413. The molecule has 0 bridgehead atoms. The third-order valence-electron chi connectivity index (χ3n) is 1.81. The van der Waals surface area contributed by atoms with Crippen LogP contribution in [0.3, 0.4) is 0 Å². The number of amidine groups is 1. The summed E-state index contributed by atoms with van der Waals surface area (Å²) in [5, 5.41) is 0. The molecule has 0 aliphatic carbocycles. The highest BCUT2D eigenvalue weighted by Crippen LogP contribution is 2.22. The van der Waals surface area contributed by atoms with Crippen LogP contribution in [0.1, 0.15) is 6.92 Å². The predicted molar refractivity (Wildman–Crippen MR) is 60.2 cm³/mol. The standard InChI is InChI=1S/C10H14N2S/c1-8(12(2)3)11-9-6-4-5-7-10(9)13/h4-7,13H,1-3H3. The SMILES string of the molecule is CC(=Nc1ccccc1S)N(C)C. The normalized spacial score (nSPS) is 11.5. The van der Waals surface area contributed by atoms with Gasteiger partial charge in [-0.3, -0.25) is 0 Å². The van der Waals surface area contributed by atoms with Crippen LogP contribution in [0.25, 0.3) is 0 Å². The Kier molecular flexibility index (Phi) is 3.37. The highest BCUT2D eigenvalue weighted by Gasteiger charge is 1.97. The molecular weight excluding hydrogens is 180 g/mol. The van der Waals surface area contributed by atoms with E-state index in [2.05, 4.69) is 17.6 Å². The molecule has 2 nitrogen and oxygen atoms in total. The lowest BCUT2D eigenvalue weighted by atomic mass is 10.3. The molecule has 0 spiro atoms. The van der Waals surface area contributed by atoms with Gasteiger partial charge in [0.05, 0.1) is 5.69 Å². The highest BCUT2D eigenvalue weighted by atomic mass is 32.1. The molecule has 0 N–H and O–H groups in total. The van der Waals surface area contributed by atoms with E-state index in [4.69, 9.17) is 0 Å². The Morgan fingerprint density at radius 1 is 1.31 bits per heavy atom. The van der Waals surface area contributed by atoms with Crippen LogP contribution >= 0.6 is 12.6 Å². The zero-order chi connectivity index (χ0) is 9.84. The molecule has 70 valence electrons. The van der Waals surface area contributed by atoms with Crippen molar-refractivity contribution < 1.29 is 0 Å². The average Bonchev–Trinajstić information content (AvgIpc) is 2.08. The zero-order valence-corrected chi connectivity index (χ0v) is 9.05. The zero-order valence-electron chi connectivity index (χ0n) is 8.15. The van der Waals surface area contributed by atoms with Gasteiger partial charge in [0.25, 0.3) is 0 Å². The number of hydrogen-bond donors (Lipinski definition) is 1. The van der Waals surface area contributed by atoms with Crippen molar-refractivity contribution in [1.82, 2.24) is 4.90 Å². The Bertz CT molecular complexity index is 318. The fourth-order valence-electron chi connectivity index (χ4n) is 0.833. The summed E-state index contributed by atoms with van der Waals surface area (Å²) in [6.07, 6.45) is 0. The van der Waals surface area contributed by atoms with E-state index in [-0.39, 0.29) is 0 Å². The number of rotatable bonds is 1. The summed E-state index contributed by atoms with van der Waals surface area (Å²) in [5.74, 6) is 0.974. The Hall–Kier alpha value is -0.960. The Balaban J connectivity index is 2.97. The molecule has 1 rings (SSSR count). The van der Waals surface area contributed by atoms with Crippen LogP contribution in [-0.2, 0) is 0 Å². The number of nitrogens with zero attached hydrogens (tertiary/aromatic N) is 2. The second-order valence-corrected chi connectivity index (χ2v) is 3.52. The first-order valence-electron chi connectivity index (χ1n) is 4.12. The predicted octanol–water partition coefficient (Wildman–Crippen LogP) is 2.59. The van der Waals surface area contributed by atoms with Crippen LogP contribution in [-0.4, -0.2) is 24.8 Å². The van der Waals surface area contributed by atoms with E-state index < -0.39 is 0 Å². The first kappa shape index (κ1) is 10.1. The van der Waals surface area contributed by atoms with Gasteiger partial charge in [-0.15, -0.1) is 12.6 Å². The number of para-hydroxylation sites is 1. The Labute approximate surface area is 84.7 Å². The summed E-state index contributed by atoms with van der Waals surface area (Å²) in [6, 6.07) is 7.80. The van der Waals surface area contributed by atoms with Gasteiger partial charge in [0.2, 0.25) is 0 Å². The number of thiol groups is 1. The van der Waals surface area contributed by atoms with Crippen LogP contribution in [0.15, 0.2) is 34.2 Å². The Morgan fingerprint density at radius 2 is 1.92 bits per heavy atom. The van der Waals surface area contributed by atoms with E-state index in [1.165, 1.54) is 0 Å². The third kappa shape index (κ3) is 2.77. The molecule has 0 amide bonds. The maximum Gasteiger partial charge on any atom is 0.101 e. The minimum Gasteiger partial charge on any atom is -0.366 e. The highest BCUT2D eigenvalue weighted by molar-refractivity contribution is 7.80. The monoisotopic (exact) mass is 194 g/mol. The first-order chi connectivity index (χ1) is 6.11. The maximum absolute atomic E-state index is 4.42. The summed E-state index contributed by atoms with van der Waals surface area (Å²) in [5.41, 5.74) is 0.914. The molecule has 0 radical (unpaired) electrons. The fourth-order valence-corrected chi connectivity index (χ4v) is 1.04. The van der Waals surface area contributed by atoms with E-state index in [9.17, 15) is 0 Å². The van der Waals surface area contributed by atoms with E-state index in [0.717, 1.165) is 16.4 Å². The summed E-state index contributed by atoms with van der Waals surface area (Å²) < 4.78 is 0. The van der Waals surface area contributed by atoms with Gasteiger partial charge in [-0.25, -0.2) is 4.99 Å². The summed E-state index contributed by atoms with van der Waals surface area (Å²) >= 11 is 4.32. The van der Waals surface area contributed by atoms with E-state index in [1.54, 1.807) is 0 Å². The van der Waals surface area contributed by atoms with Crippen LogP contribution in [0.4, 0.5) is 5.69 Å². The van der Waals surface area contributed by atoms with E-state index in [1.807, 2.05) is 50.2 Å². The largest absolute Gasteiger partial charge is 0.366 e. The van der Waals surface area contributed by atoms with Crippen molar-refractivity contribution in [2.75, 3.05) is 14.1 Å². The molecule has 0 aliphatic heterocycles. The second-order valence-electron chi connectivity index (χ2n) is 3.04. The lowest BCUT2D eigenvalue weighted by Gasteiger charge is -2.11. The lowest BCUT2D eigenvalue weighted by molar-refractivity contribution is 0.618. The molecule has 0 saturated carbocycles. The van der Waals surface area contributed by atoms with Gasteiger partial charge < -0.3 is 4.90 Å². The summed E-state index contributed by atoms with van der Waals surface area (Å²) in [4.78, 5) is 7.30. The van der Waals surface area contributed by atoms with Gasteiger partial charge in [-0.2, -0.15) is 0 Å². The van der Waals surface area contributed by atoms with Gasteiger partial charge in [0.15, 0.2) is 0 Å². The van der Waals surface area contributed by atoms with Crippen LogP contribution < -0.4 is 0 Å². The molecule has 0 saturated heterocycles. The van der Waals surface area contributed by atoms with Crippen LogP contribution in [0.5, 0.6) is 0 Å². The molecular formula is C10H14N2S. The molecule has 0 unspecified atom stereocenters. The minimum atomic E-state index is 0.906. The van der Waals surface area contributed by atoms with Crippen molar-refractivity contribution in [2.24, 2.45) is 4.99 Å². The van der Waals surface area contributed by atoms with Crippen molar-refractivity contribution in [3.8, 4) is 0 Å². The number of aliphatic imine (C=N–C) groups is 1. The minimum absolute atomic E-state index is 0.906. The first-order valence-corrected chi connectivity index (χ1v) is 4.56. The fraction of sp³-hybridized carbons (Fsp3) is 0.300. The van der Waals surface area contributed by atoms with Gasteiger partial charge >= 0.3 is 0 Å². The molecule has 3 heteroatoms. The summed E-state index contributed by atoms with van der Waals surface area (Å²) in [7, 11) is 3.94. The Morgan fingerprint density at radius 3 is 2.46 bits per heavy atom. The van der Waals surface area contributed by atoms with Gasteiger partial charge in [-0.1, -0.05) is 12.1 Å². The lowest BCUT2D eigenvalue weighted by Crippen LogP contribution is -2.17. The molecule has 0 aliphatic rings. The van der Waals surface area contributed by atoms with Crippen LogP contribution in [0, 0.1) is 0 Å². The molecule has 0 aromatic heterocycles.